The maximum atomic E-state index is 11.7. The number of sulfone groups is 1. The van der Waals surface area contributed by atoms with Gasteiger partial charge in [-0.05, 0) is 37.5 Å². The second-order valence-corrected chi connectivity index (χ2v) is 7.86. The Labute approximate surface area is 129 Å². The first kappa shape index (κ1) is 16.1. The minimum absolute atomic E-state index is 0.211. The topological polar surface area (TPSA) is 74.7 Å². The summed E-state index contributed by atoms with van der Waals surface area (Å²) in [5.41, 5.74) is 1.32. The van der Waals surface area contributed by atoms with Crippen molar-refractivity contribution in [3.63, 3.8) is 0 Å². The van der Waals surface area contributed by atoms with Crippen LogP contribution in [0.5, 0.6) is 0 Å². The molecule has 1 N–H and O–H groups in total. The Morgan fingerprint density at radius 1 is 1.43 bits per heavy atom. The molecular weight excluding hydrogens is 314 g/mol. The van der Waals surface area contributed by atoms with E-state index in [1.807, 2.05) is 4.90 Å². The molecule has 1 aliphatic rings. The number of hydrogen-bond donors (Lipinski definition) is 1. The lowest BCUT2D eigenvalue weighted by Gasteiger charge is -2.33. The van der Waals surface area contributed by atoms with Crippen LogP contribution in [0.4, 0.5) is 5.69 Å². The van der Waals surface area contributed by atoms with Gasteiger partial charge in [0.2, 0.25) is 0 Å². The maximum absolute atomic E-state index is 11.7. The number of carboxylic acid groups (broad SMARTS) is 1. The summed E-state index contributed by atoms with van der Waals surface area (Å²) in [6.07, 6.45) is 2.58. The van der Waals surface area contributed by atoms with Crippen molar-refractivity contribution in [1.82, 2.24) is 0 Å². The van der Waals surface area contributed by atoms with E-state index in [0.29, 0.717) is 29.2 Å². The Kier molecular flexibility index (Phi) is 4.49. The van der Waals surface area contributed by atoms with Gasteiger partial charge in [-0.1, -0.05) is 11.6 Å². The smallest absolute Gasteiger partial charge is 0.308 e. The van der Waals surface area contributed by atoms with Crippen molar-refractivity contribution in [2.45, 2.75) is 24.7 Å². The third kappa shape index (κ3) is 3.49. The summed E-state index contributed by atoms with van der Waals surface area (Å²) in [6, 6.07) is 3.18. The standard InChI is InChI=1S/C14H18ClNO4S/c1-9-6-12(11(15)7-13(9)21(2,19)20)16-5-3-4-10(8-16)14(17)18/h6-7,10H,3-5,8H2,1-2H3,(H,17,18)/t10-/m0/s1. The van der Waals surface area contributed by atoms with Crippen LogP contribution in [0.3, 0.4) is 0 Å². The molecule has 0 bridgehead atoms. The van der Waals surface area contributed by atoms with E-state index in [4.69, 9.17) is 16.7 Å². The Bertz CT molecular complexity index is 672. The molecule has 0 radical (unpaired) electrons. The minimum atomic E-state index is -3.32. The number of anilines is 1. The predicted octanol–water partition coefficient (Wildman–Crippen LogP) is 2.35. The molecule has 5 nitrogen and oxygen atoms in total. The average molecular weight is 332 g/mol. The van der Waals surface area contributed by atoms with Gasteiger partial charge in [-0.3, -0.25) is 4.79 Å². The molecule has 1 aliphatic heterocycles. The molecule has 1 aromatic carbocycles. The summed E-state index contributed by atoms with van der Waals surface area (Å²) in [5, 5.41) is 9.48. The largest absolute Gasteiger partial charge is 0.481 e. The van der Waals surface area contributed by atoms with E-state index in [-0.39, 0.29) is 4.90 Å². The van der Waals surface area contributed by atoms with Gasteiger partial charge < -0.3 is 10.0 Å². The van der Waals surface area contributed by atoms with Crippen molar-refractivity contribution in [3.05, 3.63) is 22.7 Å². The minimum Gasteiger partial charge on any atom is -0.481 e. The lowest BCUT2D eigenvalue weighted by atomic mass is 9.97. The van der Waals surface area contributed by atoms with Crippen molar-refractivity contribution in [2.24, 2.45) is 5.92 Å². The highest BCUT2D eigenvalue weighted by molar-refractivity contribution is 7.90. The van der Waals surface area contributed by atoms with Crippen LogP contribution < -0.4 is 4.90 Å². The van der Waals surface area contributed by atoms with Crippen molar-refractivity contribution in [1.29, 1.82) is 0 Å². The van der Waals surface area contributed by atoms with E-state index in [9.17, 15) is 13.2 Å². The third-order valence-corrected chi connectivity index (χ3v) is 5.30. The molecule has 0 aliphatic carbocycles. The van der Waals surface area contributed by atoms with Gasteiger partial charge in [0.1, 0.15) is 0 Å². The molecule has 0 spiro atoms. The van der Waals surface area contributed by atoms with E-state index in [1.54, 1.807) is 13.0 Å². The van der Waals surface area contributed by atoms with E-state index in [1.165, 1.54) is 6.07 Å². The fourth-order valence-electron chi connectivity index (χ4n) is 2.69. The summed E-state index contributed by atoms with van der Waals surface area (Å²) in [5.74, 6) is -1.22. The monoisotopic (exact) mass is 331 g/mol. The van der Waals surface area contributed by atoms with Crippen LogP contribution in [0.2, 0.25) is 5.02 Å². The van der Waals surface area contributed by atoms with Crippen LogP contribution in [0, 0.1) is 12.8 Å². The molecule has 7 heteroatoms. The van der Waals surface area contributed by atoms with Gasteiger partial charge in [0.05, 0.1) is 21.5 Å². The fraction of sp³-hybridized carbons (Fsp3) is 0.500. The molecule has 2 rings (SSSR count). The lowest BCUT2D eigenvalue weighted by molar-refractivity contribution is -0.141. The van der Waals surface area contributed by atoms with Crippen LogP contribution in [-0.4, -0.2) is 38.8 Å². The van der Waals surface area contributed by atoms with E-state index >= 15 is 0 Å². The first-order chi connectivity index (χ1) is 9.70. The zero-order valence-corrected chi connectivity index (χ0v) is 13.5. The Hall–Kier alpha value is -1.27. The van der Waals surface area contributed by atoms with Crippen molar-refractivity contribution < 1.29 is 18.3 Å². The van der Waals surface area contributed by atoms with Gasteiger partial charge in [-0.15, -0.1) is 0 Å². The molecule has 21 heavy (non-hydrogen) atoms. The van der Waals surface area contributed by atoms with Crippen molar-refractivity contribution in [2.75, 3.05) is 24.2 Å². The Morgan fingerprint density at radius 3 is 2.67 bits per heavy atom. The van der Waals surface area contributed by atoms with Gasteiger partial charge in [-0.2, -0.15) is 0 Å². The molecule has 0 saturated carbocycles. The normalized spacial score (nSPS) is 19.6. The van der Waals surface area contributed by atoms with Crippen LogP contribution in [-0.2, 0) is 14.6 Å². The predicted molar refractivity (Wildman–Crippen MR) is 81.9 cm³/mol. The summed E-state index contributed by atoms with van der Waals surface area (Å²) in [7, 11) is -3.32. The van der Waals surface area contributed by atoms with Gasteiger partial charge in [0.15, 0.2) is 9.84 Å². The molecule has 116 valence electrons. The van der Waals surface area contributed by atoms with Crippen LogP contribution in [0.1, 0.15) is 18.4 Å². The zero-order chi connectivity index (χ0) is 15.8. The molecule has 0 unspecified atom stereocenters. The number of rotatable bonds is 3. The van der Waals surface area contributed by atoms with E-state index < -0.39 is 21.7 Å². The first-order valence-corrected chi connectivity index (χ1v) is 8.95. The highest BCUT2D eigenvalue weighted by Gasteiger charge is 2.27. The van der Waals surface area contributed by atoms with E-state index in [0.717, 1.165) is 19.2 Å². The lowest BCUT2D eigenvalue weighted by Crippen LogP contribution is -2.38. The molecule has 1 heterocycles. The molecule has 1 fully saturated rings. The van der Waals surface area contributed by atoms with Crippen molar-refractivity contribution >= 4 is 33.1 Å². The Morgan fingerprint density at radius 2 is 2.10 bits per heavy atom. The zero-order valence-electron chi connectivity index (χ0n) is 12.0. The number of carboxylic acids is 1. The number of aliphatic carboxylic acids is 1. The number of benzene rings is 1. The molecule has 1 saturated heterocycles. The first-order valence-electron chi connectivity index (χ1n) is 6.68. The van der Waals surface area contributed by atoms with Crippen molar-refractivity contribution in [3.8, 4) is 0 Å². The number of hydrogen-bond acceptors (Lipinski definition) is 4. The summed E-state index contributed by atoms with van der Waals surface area (Å²) >= 11 is 6.21. The summed E-state index contributed by atoms with van der Waals surface area (Å²) < 4.78 is 23.4. The highest BCUT2D eigenvalue weighted by atomic mass is 35.5. The molecule has 1 aromatic rings. The molecule has 1 atom stereocenters. The van der Waals surface area contributed by atoms with Crippen LogP contribution in [0.15, 0.2) is 17.0 Å². The average Bonchev–Trinajstić information content (AvgIpc) is 2.40. The third-order valence-electron chi connectivity index (χ3n) is 3.76. The van der Waals surface area contributed by atoms with Crippen LogP contribution >= 0.6 is 11.6 Å². The summed E-state index contributed by atoms with van der Waals surface area (Å²) in [6.45, 7) is 2.84. The maximum Gasteiger partial charge on any atom is 0.308 e. The highest BCUT2D eigenvalue weighted by Crippen LogP contribution is 2.33. The number of halogens is 1. The molecule has 0 amide bonds. The van der Waals surface area contributed by atoms with E-state index in [2.05, 4.69) is 0 Å². The molecular formula is C14H18ClNO4S. The van der Waals surface area contributed by atoms with Gasteiger partial charge in [0.25, 0.3) is 0 Å². The quantitative estimate of drug-likeness (QED) is 0.920. The number of aryl methyl sites for hydroxylation is 1. The molecule has 0 aromatic heterocycles. The second-order valence-electron chi connectivity index (χ2n) is 5.46. The van der Waals surface area contributed by atoms with Gasteiger partial charge in [-0.25, -0.2) is 8.42 Å². The Balaban J connectivity index is 2.37. The number of nitrogens with zero attached hydrogens (tertiary/aromatic N) is 1. The fourth-order valence-corrected chi connectivity index (χ4v) is 4.01. The number of piperidine rings is 1. The summed E-state index contributed by atoms with van der Waals surface area (Å²) in [4.78, 5) is 13.3. The SMILES string of the molecule is Cc1cc(N2CCC[C@H](C(=O)O)C2)c(Cl)cc1S(C)(=O)=O. The van der Waals surface area contributed by atoms with Gasteiger partial charge >= 0.3 is 5.97 Å². The van der Waals surface area contributed by atoms with Gasteiger partial charge in [0, 0.05) is 19.3 Å². The second kappa shape index (κ2) is 5.85. The van der Waals surface area contributed by atoms with Crippen LogP contribution in [0.25, 0.3) is 0 Å². The number of carbonyl (C=O) groups is 1.